The van der Waals surface area contributed by atoms with Crippen LogP contribution in [0.1, 0.15) is 22.8 Å². The molecule has 1 atom stereocenters. The van der Waals surface area contributed by atoms with Crippen molar-refractivity contribution in [3.05, 3.63) is 35.4 Å². The van der Waals surface area contributed by atoms with Crippen LogP contribution in [-0.4, -0.2) is 44.0 Å². The van der Waals surface area contributed by atoms with Crippen molar-refractivity contribution in [1.29, 1.82) is 0 Å². The third-order valence-corrected chi connectivity index (χ3v) is 3.07. The van der Waals surface area contributed by atoms with E-state index in [9.17, 15) is 9.59 Å². The lowest BCUT2D eigenvalue weighted by molar-refractivity contribution is -0.125. The Morgan fingerprint density at radius 3 is 2.68 bits per heavy atom. The lowest BCUT2D eigenvalue weighted by Crippen LogP contribution is -2.41. The van der Waals surface area contributed by atoms with Gasteiger partial charge in [0, 0.05) is 13.6 Å². The molecule has 1 rings (SSSR count). The van der Waals surface area contributed by atoms with Crippen LogP contribution in [0.2, 0.25) is 0 Å². The first-order valence-corrected chi connectivity index (χ1v) is 6.08. The number of nitrogens with one attached hydrogen (secondary N) is 1. The number of hydrogen-bond acceptors (Lipinski definition) is 4. The monoisotopic (exact) mass is 264 g/mol. The van der Waals surface area contributed by atoms with Crippen LogP contribution < -0.4 is 5.32 Å². The molecule has 0 bridgehead atoms. The maximum Gasteiger partial charge on any atom is 0.337 e. The maximum atomic E-state index is 11.5. The van der Waals surface area contributed by atoms with Gasteiger partial charge in [-0.25, -0.2) is 4.79 Å². The molecule has 5 nitrogen and oxygen atoms in total. The Balaban J connectivity index is 2.77. The molecule has 1 aromatic carbocycles. The van der Waals surface area contributed by atoms with E-state index in [-0.39, 0.29) is 17.9 Å². The average molecular weight is 264 g/mol. The SMILES string of the molecule is CNC(=O)[C@H](C)N(C)Cc1cccc(C(=O)OC)c1. The van der Waals surface area contributed by atoms with Crippen molar-refractivity contribution in [2.45, 2.75) is 19.5 Å². The smallest absolute Gasteiger partial charge is 0.337 e. The average Bonchev–Trinajstić information content (AvgIpc) is 2.44. The van der Waals surface area contributed by atoms with Crippen molar-refractivity contribution in [2.24, 2.45) is 0 Å². The molecule has 19 heavy (non-hydrogen) atoms. The van der Waals surface area contributed by atoms with E-state index < -0.39 is 0 Å². The van der Waals surface area contributed by atoms with Crippen LogP contribution in [0.15, 0.2) is 24.3 Å². The van der Waals surface area contributed by atoms with E-state index in [4.69, 9.17) is 0 Å². The number of methoxy groups -OCH3 is 1. The Kier molecular flexibility index (Phi) is 5.51. The summed E-state index contributed by atoms with van der Waals surface area (Å²) in [5, 5.41) is 2.62. The summed E-state index contributed by atoms with van der Waals surface area (Å²) in [6.07, 6.45) is 0. The summed E-state index contributed by atoms with van der Waals surface area (Å²) in [5.41, 5.74) is 1.47. The van der Waals surface area contributed by atoms with Gasteiger partial charge in [0.05, 0.1) is 18.7 Å². The number of likely N-dealkylation sites (N-methyl/N-ethyl adjacent to an activating group) is 2. The van der Waals surface area contributed by atoms with E-state index in [0.29, 0.717) is 12.1 Å². The summed E-state index contributed by atoms with van der Waals surface area (Å²) < 4.78 is 4.68. The lowest BCUT2D eigenvalue weighted by atomic mass is 10.1. The number of benzene rings is 1. The third kappa shape index (κ3) is 4.06. The zero-order valence-corrected chi connectivity index (χ0v) is 11.8. The van der Waals surface area contributed by atoms with E-state index in [2.05, 4.69) is 10.1 Å². The first-order chi connectivity index (χ1) is 8.99. The first kappa shape index (κ1) is 15.2. The summed E-state index contributed by atoms with van der Waals surface area (Å²) in [7, 11) is 4.84. The van der Waals surface area contributed by atoms with Crippen LogP contribution in [0.3, 0.4) is 0 Å². The molecular formula is C14H20N2O3. The molecule has 0 saturated carbocycles. The molecule has 0 unspecified atom stereocenters. The van der Waals surface area contributed by atoms with Crippen molar-refractivity contribution in [3.63, 3.8) is 0 Å². The zero-order valence-electron chi connectivity index (χ0n) is 11.8. The van der Waals surface area contributed by atoms with Crippen LogP contribution in [-0.2, 0) is 16.1 Å². The summed E-state index contributed by atoms with van der Waals surface area (Å²) in [4.78, 5) is 24.9. The summed E-state index contributed by atoms with van der Waals surface area (Å²) in [5.74, 6) is -0.393. The van der Waals surface area contributed by atoms with Gasteiger partial charge in [0.15, 0.2) is 0 Å². The molecule has 0 aromatic heterocycles. The third-order valence-electron chi connectivity index (χ3n) is 3.07. The summed E-state index contributed by atoms with van der Waals surface area (Å²) >= 11 is 0. The second kappa shape index (κ2) is 6.89. The van der Waals surface area contributed by atoms with E-state index in [0.717, 1.165) is 5.56 Å². The van der Waals surface area contributed by atoms with Crippen molar-refractivity contribution < 1.29 is 14.3 Å². The second-order valence-electron chi connectivity index (χ2n) is 4.40. The predicted molar refractivity (Wildman–Crippen MR) is 72.8 cm³/mol. The number of amides is 1. The fourth-order valence-corrected chi connectivity index (χ4v) is 1.75. The maximum absolute atomic E-state index is 11.5. The number of hydrogen-bond donors (Lipinski definition) is 1. The molecular weight excluding hydrogens is 244 g/mol. The van der Waals surface area contributed by atoms with Gasteiger partial charge in [0.2, 0.25) is 5.91 Å². The summed E-state index contributed by atoms with van der Waals surface area (Å²) in [6.45, 7) is 2.42. The lowest BCUT2D eigenvalue weighted by Gasteiger charge is -2.23. The van der Waals surface area contributed by atoms with Crippen LogP contribution in [0, 0.1) is 0 Å². The first-order valence-electron chi connectivity index (χ1n) is 6.08. The quantitative estimate of drug-likeness (QED) is 0.807. The normalized spacial score (nSPS) is 12.1. The van der Waals surface area contributed by atoms with Gasteiger partial charge in [-0.3, -0.25) is 9.69 Å². The second-order valence-corrected chi connectivity index (χ2v) is 4.40. The highest BCUT2D eigenvalue weighted by Crippen LogP contribution is 2.10. The van der Waals surface area contributed by atoms with Gasteiger partial charge in [-0.1, -0.05) is 12.1 Å². The molecule has 1 aromatic rings. The van der Waals surface area contributed by atoms with Crippen molar-refractivity contribution >= 4 is 11.9 Å². The zero-order chi connectivity index (χ0) is 14.4. The highest BCUT2D eigenvalue weighted by Gasteiger charge is 2.17. The topological polar surface area (TPSA) is 58.6 Å². The van der Waals surface area contributed by atoms with E-state index >= 15 is 0 Å². The van der Waals surface area contributed by atoms with Crippen LogP contribution in [0.5, 0.6) is 0 Å². The number of rotatable bonds is 5. The molecule has 0 saturated heterocycles. The van der Waals surface area contributed by atoms with E-state index in [1.54, 1.807) is 25.2 Å². The fraction of sp³-hybridized carbons (Fsp3) is 0.429. The van der Waals surface area contributed by atoms with Gasteiger partial charge in [-0.2, -0.15) is 0 Å². The number of esters is 1. The molecule has 5 heteroatoms. The van der Waals surface area contributed by atoms with Gasteiger partial charge in [0.1, 0.15) is 0 Å². The Morgan fingerprint density at radius 2 is 2.11 bits per heavy atom. The number of nitrogens with zero attached hydrogens (tertiary/aromatic N) is 1. The Bertz CT molecular complexity index is 460. The highest BCUT2D eigenvalue weighted by molar-refractivity contribution is 5.89. The standard InChI is InChI=1S/C14H20N2O3/c1-10(13(17)15-2)16(3)9-11-6-5-7-12(8-11)14(18)19-4/h5-8,10H,9H2,1-4H3,(H,15,17)/t10-/m0/s1. The number of ether oxygens (including phenoxy) is 1. The minimum atomic E-state index is -0.358. The molecule has 0 aliphatic heterocycles. The molecule has 1 N–H and O–H groups in total. The van der Waals surface area contributed by atoms with Gasteiger partial charge < -0.3 is 10.1 Å². The molecule has 0 spiro atoms. The number of carbonyl (C=O) groups excluding carboxylic acids is 2. The van der Waals surface area contributed by atoms with Crippen molar-refractivity contribution in [3.8, 4) is 0 Å². The Morgan fingerprint density at radius 1 is 1.42 bits per heavy atom. The molecule has 0 radical (unpaired) electrons. The van der Waals surface area contributed by atoms with E-state index in [1.165, 1.54) is 7.11 Å². The predicted octanol–water partition coefficient (Wildman–Crippen LogP) is 1.04. The molecule has 0 aliphatic carbocycles. The highest BCUT2D eigenvalue weighted by atomic mass is 16.5. The van der Waals surface area contributed by atoms with Crippen molar-refractivity contribution in [2.75, 3.05) is 21.2 Å². The molecule has 0 aliphatic rings. The van der Waals surface area contributed by atoms with Crippen molar-refractivity contribution in [1.82, 2.24) is 10.2 Å². The van der Waals surface area contributed by atoms with Gasteiger partial charge in [0.25, 0.3) is 0 Å². The Labute approximate surface area is 113 Å². The minimum absolute atomic E-state index is 0.0355. The largest absolute Gasteiger partial charge is 0.465 e. The molecule has 1 amide bonds. The van der Waals surface area contributed by atoms with E-state index in [1.807, 2.05) is 24.9 Å². The molecule has 0 heterocycles. The summed E-state index contributed by atoms with van der Waals surface area (Å²) in [6, 6.07) is 6.97. The molecule has 104 valence electrons. The van der Waals surface area contributed by atoms with Crippen LogP contribution >= 0.6 is 0 Å². The van der Waals surface area contributed by atoms with Gasteiger partial charge in [-0.15, -0.1) is 0 Å². The van der Waals surface area contributed by atoms with Gasteiger partial charge >= 0.3 is 5.97 Å². The van der Waals surface area contributed by atoms with Crippen LogP contribution in [0.4, 0.5) is 0 Å². The van der Waals surface area contributed by atoms with Gasteiger partial charge in [-0.05, 0) is 31.7 Å². The molecule has 0 fully saturated rings. The fourth-order valence-electron chi connectivity index (χ4n) is 1.75. The number of carbonyl (C=O) groups is 2. The minimum Gasteiger partial charge on any atom is -0.465 e. The van der Waals surface area contributed by atoms with Crippen LogP contribution in [0.25, 0.3) is 0 Å². The Hall–Kier alpha value is -1.88.